The van der Waals surface area contributed by atoms with Crippen molar-refractivity contribution in [3.63, 3.8) is 0 Å². The van der Waals surface area contributed by atoms with E-state index < -0.39 is 23.5 Å². The summed E-state index contributed by atoms with van der Waals surface area (Å²) in [6.45, 7) is 1.55. The van der Waals surface area contributed by atoms with Crippen molar-refractivity contribution >= 4 is 16.9 Å². The van der Waals surface area contributed by atoms with Crippen LogP contribution in [0.2, 0.25) is 0 Å². The SMILES string of the molecule is Cc1ccccc1.N#CCN(C(N)=O)[SH](=O)=O. The Morgan fingerprint density at radius 3 is 2.12 bits per heavy atom. The zero-order chi connectivity index (χ0) is 13.3. The summed E-state index contributed by atoms with van der Waals surface area (Å²) in [6.07, 6.45) is 0. The molecule has 0 spiro atoms. The molecule has 17 heavy (non-hydrogen) atoms. The molecular weight excluding hydrogens is 242 g/mol. The average molecular weight is 255 g/mol. The van der Waals surface area contributed by atoms with E-state index in [0.717, 1.165) is 0 Å². The first-order valence-corrected chi connectivity index (χ1v) is 5.72. The number of amides is 2. The molecule has 7 heteroatoms. The number of nitrogens with zero attached hydrogens (tertiary/aromatic N) is 2. The van der Waals surface area contributed by atoms with Crippen molar-refractivity contribution in [1.29, 1.82) is 5.26 Å². The zero-order valence-corrected chi connectivity index (χ0v) is 10.1. The normalized spacial score (nSPS) is 8.76. The number of nitriles is 1. The molecule has 1 aromatic rings. The van der Waals surface area contributed by atoms with Crippen LogP contribution in [0.3, 0.4) is 0 Å². The highest BCUT2D eigenvalue weighted by molar-refractivity contribution is 7.70. The molecule has 1 aromatic carbocycles. The lowest BCUT2D eigenvalue weighted by molar-refractivity contribution is 0.235. The summed E-state index contributed by atoms with van der Waals surface area (Å²) in [4.78, 5) is 10.1. The monoisotopic (exact) mass is 255 g/mol. The standard InChI is InChI=1S/C7H8.C3H5N3O3S/c1-7-5-3-2-4-6-7;4-1-2-6(3(5)7)10(8)9/h2-6H,1H3;10H,2H2,(H2,5,7). The molecule has 92 valence electrons. The quantitative estimate of drug-likeness (QED) is 0.590. The summed E-state index contributed by atoms with van der Waals surface area (Å²) >= 11 is 0. The molecule has 0 bridgehead atoms. The van der Waals surface area contributed by atoms with E-state index in [-0.39, 0.29) is 4.31 Å². The van der Waals surface area contributed by atoms with Crippen molar-refractivity contribution in [2.75, 3.05) is 6.54 Å². The number of hydrogen-bond acceptors (Lipinski definition) is 4. The highest BCUT2D eigenvalue weighted by atomic mass is 32.2. The van der Waals surface area contributed by atoms with E-state index in [1.54, 1.807) is 0 Å². The van der Waals surface area contributed by atoms with E-state index in [0.29, 0.717) is 0 Å². The van der Waals surface area contributed by atoms with Crippen molar-refractivity contribution in [2.45, 2.75) is 6.92 Å². The van der Waals surface area contributed by atoms with Crippen molar-refractivity contribution in [3.05, 3.63) is 35.9 Å². The first-order chi connectivity index (χ1) is 7.99. The number of hydrogen-bond donors (Lipinski definition) is 2. The van der Waals surface area contributed by atoms with Gasteiger partial charge in [-0.3, -0.25) is 0 Å². The predicted molar refractivity (Wildman–Crippen MR) is 63.4 cm³/mol. The predicted octanol–water partition coefficient (Wildman–Crippen LogP) is 0.412. The number of aryl methyl sites for hydroxylation is 1. The number of carbonyl (C=O) groups excluding carboxylic acids is 1. The second-order valence-electron chi connectivity index (χ2n) is 2.95. The minimum atomic E-state index is -3.07. The van der Waals surface area contributed by atoms with Crippen LogP contribution in [0.15, 0.2) is 30.3 Å². The molecule has 0 fully saturated rings. The first-order valence-electron chi connectivity index (χ1n) is 4.59. The molecule has 6 nitrogen and oxygen atoms in total. The van der Waals surface area contributed by atoms with Crippen LogP contribution in [0.1, 0.15) is 5.56 Å². The Morgan fingerprint density at radius 2 is 1.94 bits per heavy atom. The minimum absolute atomic E-state index is 0.245. The number of carbonyl (C=O) groups is 1. The number of thiol groups is 1. The third-order valence-corrected chi connectivity index (χ3v) is 2.35. The highest BCUT2D eigenvalue weighted by Crippen LogP contribution is 1.92. The molecule has 0 radical (unpaired) electrons. The fraction of sp³-hybridized carbons (Fsp3) is 0.200. The van der Waals surface area contributed by atoms with Crippen LogP contribution in [-0.4, -0.2) is 25.3 Å². The lowest BCUT2D eigenvalue weighted by Crippen LogP contribution is -2.34. The highest BCUT2D eigenvalue weighted by Gasteiger charge is 2.09. The van der Waals surface area contributed by atoms with Gasteiger partial charge < -0.3 is 5.73 Å². The van der Waals surface area contributed by atoms with E-state index in [2.05, 4.69) is 24.8 Å². The van der Waals surface area contributed by atoms with Crippen molar-refractivity contribution in [2.24, 2.45) is 5.73 Å². The van der Waals surface area contributed by atoms with Crippen LogP contribution >= 0.6 is 0 Å². The van der Waals surface area contributed by atoms with Gasteiger partial charge in [0, 0.05) is 0 Å². The Balaban J connectivity index is 0.000000318. The lowest BCUT2D eigenvalue weighted by atomic mass is 10.2. The van der Waals surface area contributed by atoms with Crippen LogP contribution in [-0.2, 0) is 10.9 Å². The van der Waals surface area contributed by atoms with Gasteiger partial charge in [-0.25, -0.2) is 17.5 Å². The molecular formula is C10H13N3O3S. The Hall–Kier alpha value is -2.07. The minimum Gasteiger partial charge on any atom is -0.351 e. The third kappa shape index (κ3) is 6.92. The van der Waals surface area contributed by atoms with Gasteiger partial charge in [-0.15, -0.1) is 0 Å². The molecule has 0 atom stereocenters. The number of primary amides is 1. The van der Waals surface area contributed by atoms with Gasteiger partial charge in [-0.05, 0) is 6.92 Å². The Kier molecular flexibility index (Phi) is 7.14. The van der Waals surface area contributed by atoms with Crippen LogP contribution in [0.25, 0.3) is 0 Å². The molecule has 0 aliphatic rings. The topological polar surface area (TPSA) is 104 Å². The molecule has 1 rings (SSSR count). The molecule has 0 aliphatic heterocycles. The van der Waals surface area contributed by atoms with E-state index in [4.69, 9.17) is 5.26 Å². The number of nitrogens with two attached hydrogens (primary N) is 1. The van der Waals surface area contributed by atoms with Gasteiger partial charge in [0.2, 0.25) is 10.9 Å². The van der Waals surface area contributed by atoms with Crippen LogP contribution < -0.4 is 5.73 Å². The van der Waals surface area contributed by atoms with Gasteiger partial charge in [0.25, 0.3) is 0 Å². The third-order valence-electron chi connectivity index (χ3n) is 1.61. The molecule has 0 saturated heterocycles. The number of urea groups is 1. The van der Waals surface area contributed by atoms with Crippen LogP contribution in [0.5, 0.6) is 0 Å². The fourth-order valence-electron chi connectivity index (χ4n) is 0.817. The molecule has 0 aromatic heterocycles. The van der Waals surface area contributed by atoms with E-state index in [1.165, 1.54) is 11.6 Å². The number of rotatable bonds is 2. The van der Waals surface area contributed by atoms with Gasteiger partial charge in [-0.1, -0.05) is 35.9 Å². The second kappa shape index (κ2) is 8.13. The molecule has 0 unspecified atom stereocenters. The van der Waals surface area contributed by atoms with E-state index in [1.807, 2.05) is 18.2 Å². The fourth-order valence-corrected chi connectivity index (χ4v) is 1.16. The summed E-state index contributed by atoms with van der Waals surface area (Å²) < 4.78 is 20.3. The van der Waals surface area contributed by atoms with Gasteiger partial charge >= 0.3 is 6.03 Å². The lowest BCUT2D eigenvalue weighted by Gasteiger charge is -2.05. The molecule has 0 aliphatic carbocycles. The van der Waals surface area contributed by atoms with Gasteiger partial charge in [0.05, 0.1) is 6.07 Å². The Bertz CT molecular complexity index is 457. The van der Waals surface area contributed by atoms with Gasteiger partial charge in [-0.2, -0.15) is 5.26 Å². The Morgan fingerprint density at radius 1 is 1.41 bits per heavy atom. The molecule has 2 amide bonds. The summed E-state index contributed by atoms with van der Waals surface area (Å²) in [5, 5.41) is 7.97. The average Bonchev–Trinajstić information content (AvgIpc) is 2.27. The molecule has 2 N–H and O–H groups in total. The second-order valence-corrected chi connectivity index (χ2v) is 3.91. The Labute approximate surface area is 101 Å². The van der Waals surface area contributed by atoms with Crippen LogP contribution in [0, 0.1) is 18.3 Å². The van der Waals surface area contributed by atoms with E-state index >= 15 is 0 Å². The largest absolute Gasteiger partial charge is 0.351 e. The van der Waals surface area contributed by atoms with Crippen molar-refractivity contribution in [3.8, 4) is 6.07 Å². The summed E-state index contributed by atoms with van der Waals surface area (Å²) in [5.41, 5.74) is 5.90. The maximum Gasteiger partial charge on any atom is 0.329 e. The van der Waals surface area contributed by atoms with E-state index in [9.17, 15) is 13.2 Å². The summed E-state index contributed by atoms with van der Waals surface area (Å²) in [7, 11) is -3.07. The molecule has 0 saturated carbocycles. The van der Waals surface area contributed by atoms with Gasteiger partial charge in [0.15, 0.2) is 0 Å². The smallest absolute Gasteiger partial charge is 0.329 e. The van der Waals surface area contributed by atoms with Crippen molar-refractivity contribution < 1.29 is 13.2 Å². The number of benzene rings is 1. The first kappa shape index (κ1) is 14.9. The summed E-state index contributed by atoms with van der Waals surface area (Å²) in [5.74, 6) is 0. The van der Waals surface area contributed by atoms with Crippen LogP contribution in [0.4, 0.5) is 4.79 Å². The maximum absolute atomic E-state index is 10.1. The van der Waals surface area contributed by atoms with Crippen molar-refractivity contribution in [1.82, 2.24) is 4.31 Å². The van der Waals surface area contributed by atoms with Gasteiger partial charge in [0.1, 0.15) is 6.54 Å². The zero-order valence-electron chi connectivity index (χ0n) is 9.24. The summed E-state index contributed by atoms with van der Waals surface area (Å²) in [6, 6.07) is 10.6. The molecule has 0 heterocycles. The maximum atomic E-state index is 10.1.